The molecule has 2 aliphatic carbocycles. The highest BCUT2D eigenvalue weighted by Crippen LogP contribution is 2.52. The molecule has 3 atom stereocenters. The molecule has 0 amide bonds. The van der Waals surface area contributed by atoms with Gasteiger partial charge in [-0.3, -0.25) is 0 Å². The van der Waals surface area contributed by atoms with Gasteiger partial charge in [0.05, 0.1) is 0 Å². The third-order valence-electron chi connectivity index (χ3n) is 4.84. The monoisotopic (exact) mass is 192 g/mol. The molecule has 0 heteroatoms. The summed E-state index contributed by atoms with van der Waals surface area (Å²) in [6.45, 7) is 7.25. The van der Waals surface area contributed by atoms with Crippen molar-refractivity contribution in [3.8, 4) is 0 Å². The predicted octanol–water partition coefficient (Wildman–Crippen LogP) is 4.56. The van der Waals surface area contributed by atoms with Crippen molar-refractivity contribution in [3.63, 3.8) is 0 Å². The number of fused-ring (bicyclic) bond motifs is 1. The maximum absolute atomic E-state index is 2.53. The van der Waals surface area contributed by atoms with Gasteiger partial charge in [0.15, 0.2) is 0 Å². The molecule has 0 saturated heterocycles. The van der Waals surface area contributed by atoms with Gasteiger partial charge in [-0.05, 0) is 56.3 Å². The van der Waals surface area contributed by atoms with Crippen LogP contribution in [-0.2, 0) is 0 Å². The summed E-state index contributed by atoms with van der Waals surface area (Å²) in [5, 5.41) is 0. The highest BCUT2D eigenvalue weighted by atomic mass is 14.5. The molecule has 2 aliphatic rings. The van der Waals surface area contributed by atoms with Gasteiger partial charge in [0.25, 0.3) is 0 Å². The first-order valence-electron chi connectivity index (χ1n) is 6.32. The number of hydrogen-bond donors (Lipinski definition) is 0. The highest BCUT2D eigenvalue weighted by molar-refractivity contribution is 5.14. The second-order valence-electron chi connectivity index (χ2n) is 5.74. The van der Waals surface area contributed by atoms with Crippen LogP contribution in [0.1, 0.15) is 59.3 Å². The Morgan fingerprint density at radius 3 is 2.93 bits per heavy atom. The van der Waals surface area contributed by atoms with Gasteiger partial charge in [0.2, 0.25) is 0 Å². The molecule has 0 N–H and O–H groups in total. The molecule has 0 aromatic heterocycles. The van der Waals surface area contributed by atoms with E-state index in [9.17, 15) is 0 Å². The Balaban J connectivity index is 2.16. The predicted molar refractivity (Wildman–Crippen MR) is 62.2 cm³/mol. The molecule has 80 valence electrons. The van der Waals surface area contributed by atoms with Crippen LogP contribution in [0.2, 0.25) is 0 Å². The number of allylic oxidation sites excluding steroid dienone is 2. The van der Waals surface area contributed by atoms with E-state index in [0.29, 0.717) is 5.41 Å². The van der Waals surface area contributed by atoms with Crippen molar-refractivity contribution < 1.29 is 0 Å². The van der Waals surface area contributed by atoms with E-state index >= 15 is 0 Å². The van der Waals surface area contributed by atoms with Crippen LogP contribution in [0.25, 0.3) is 0 Å². The first kappa shape index (κ1) is 10.3. The Kier molecular flexibility index (Phi) is 2.72. The normalized spacial score (nSPS) is 42.9. The first-order valence-corrected chi connectivity index (χ1v) is 6.32. The lowest BCUT2D eigenvalue weighted by Crippen LogP contribution is -2.36. The summed E-state index contributed by atoms with van der Waals surface area (Å²) in [5.74, 6) is 1.92. The van der Waals surface area contributed by atoms with E-state index in [4.69, 9.17) is 0 Å². The molecular weight excluding hydrogens is 168 g/mol. The molecule has 0 heterocycles. The Labute approximate surface area is 88.8 Å². The minimum Gasteiger partial charge on any atom is -0.0853 e. The third kappa shape index (κ3) is 1.64. The average Bonchev–Trinajstić information content (AvgIpc) is 2.17. The lowest BCUT2D eigenvalue weighted by atomic mass is 9.58. The second kappa shape index (κ2) is 3.72. The first-order chi connectivity index (χ1) is 6.65. The van der Waals surface area contributed by atoms with Gasteiger partial charge in [-0.2, -0.15) is 0 Å². The summed E-state index contributed by atoms with van der Waals surface area (Å²) in [5.41, 5.74) is 2.35. The lowest BCUT2D eigenvalue weighted by molar-refractivity contribution is 0.0859. The van der Waals surface area contributed by atoms with Crippen LogP contribution in [0.4, 0.5) is 0 Å². The summed E-state index contributed by atoms with van der Waals surface area (Å²) < 4.78 is 0. The quantitative estimate of drug-likeness (QED) is 0.534. The van der Waals surface area contributed by atoms with Crippen LogP contribution in [0, 0.1) is 17.3 Å². The highest BCUT2D eigenvalue weighted by Gasteiger charge is 2.40. The maximum atomic E-state index is 2.53. The van der Waals surface area contributed by atoms with Crippen LogP contribution in [0.3, 0.4) is 0 Å². The van der Waals surface area contributed by atoms with Crippen molar-refractivity contribution in [1.29, 1.82) is 0 Å². The molecule has 0 radical (unpaired) electrons. The van der Waals surface area contributed by atoms with Gasteiger partial charge in [-0.15, -0.1) is 0 Å². The van der Waals surface area contributed by atoms with Crippen molar-refractivity contribution >= 4 is 0 Å². The van der Waals surface area contributed by atoms with Gasteiger partial charge in [0, 0.05) is 0 Å². The van der Waals surface area contributed by atoms with Gasteiger partial charge >= 0.3 is 0 Å². The van der Waals surface area contributed by atoms with Crippen LogP contribution in [-0.4, -0.2) is 0 Å². The maximum Gasteiger partial charge on any atom is -0.0149 e. The minimum atomic E-state index is 0.657. The van der Waals surface area contributed by atoms with E-state index < -0.39 is 0 Å². The molecule has 14 heavy (non-hydrogen) atoms. The lowest BCUT2D eigenvalue weighted by Gasteiger charge is -2.47. The molecule has 0 bridgehead atoms. The Morgan fingerprint density at radius 2 is 2.21 bits per heavy atom. The van der Waals surface area contributed by atoms with Crippen molar-refractivity contribution in [2.45, 2.75) is 59.3 Å². The number of hydrogen-bond acceptors (Lipinski definition) is 0. The summed E-state index contributed by atoms with van der Waals surface area (Å²) in [7, 11) is 0. The zero-order chi connectivity index (χ0) is 10.2. The SMILES string of the molecule is CCC1CCC2(C)CCC=C(C)C2C1. The van der Waals surface area contributed by atoms with E-state index in [1.54, 1.807) is 5.57 Å². The van der Waals surface area contributed by atoms with Crippen LogP contribution in [0.5, 0.6) is 0 Å². The summed E-state index contributed by atoms with van der Waals surface area (Å²) in [4.78, 5) is 0. The topological polar surface area (TPSA) is 0 Å². The molecule has 3 unspecified atom stereocenters. The summed E-state index contributed by atoms with van der Waals surface area (Å²) in [6.07, 6.45) is 11.1. The molecule has 0 aromatic rings. The average molecular weight is 192 g/mol. The van der Waals surface area contributed by atoms with Crippen molar-refractivity contribution in [3.05, 3.63) is 11.6 Å². The Morgan fingerprint density at radius 1 is 1.43 bits per heavy atom. The summed E-state index contributed by atoms with van der Waals surface area (Å²) >= 11 is 0. The van der Waals surface area contributed by atoms with Crippen LogP contribution < -0.4 is 0 Å². The molecule has 1 fully saturated rings. The minimum absolute atomic E-state index is 0.657. The molecule has 1 saturated carbocycles. The van der Waals surface area contributed by atoms with E-state index in [1.165, 1.54) is 38.5 Å². The number of rotatable bonds is 1. The van der Waals surface area contributed by atoms with Crippen molar-refractivity contribution in [2.24, 2.45) is 17.3 Å². The zero-order valence-corrected chi connectivity index (χ0v) is 9.97. The Bertz CT molecular complexity index is 238. The molecule has 0 aliphatic heterocycles. The van der Waals surface area contributed by atoms with E-state index in [1.807, 2.05) is 0 Å². The fraction of sp³-hybridized carbons (Fsp3) is 0.857. The third-order valence-corrected chi connectivity index (χ3v) is 4.84. The molecule has 0 spiro atoms. The summed E-state index contributed by atoms with van der Waals surface area (Å²) in [6, 6.07) is 0. The van der Waals surface area contributed by atoms with Crippen molar-refractivity contribution in [1.82, 2.24) is 0 Å². The fourth-order valence-corrected chi connectivity index (χ4v) is 3.62. The van der Waals surface area contributed by atoms with Crippen molar-refractivity contribution in [2.75, 3.05) is 0 Å². The van der Waals surface area contributed by atoms with Gasteiger partial charge in [-0.1, -0.05) is 31.9 Å². The standard InChI is InChI=1S/C14H24/c1-4-12-7-9-14(3)8-5-6-11(2)13(14)10-12/h6,12-13H,4-5,7-10H2,1-3H3. The molecule has 0 nitrogen and oxygen atoms in total. The van der Waals surface area contributed by atoms with Gasteiger partial charge < -0.3 is 0 Å². The molecular formula is C14H24. The van der Waals surface area contributed by atoms with Crippen LogP contribution >= 0.6 is 0 Å². The van der Waals surface area contributed by atoms with Gasteiger partial charge in [0.1, 0.15) is 0 Å². The molecule has 0 aromatic carbocycles. The zero-order valence-electron chi connectivity index (χ0n) is 9.97. The largest absolute Gasteiger partial charge is 0.0853 e. The fourth-order valence-electron chi connectivity index (χ4n) is 3.62. The molecule has 2 rings (SSSR count). The van der Waals surface area contributed by atoms with E-state index in [0.717, 1.165) is 11.8 Å². The van der Waals surface area contributed by atoms with E-state index in [-0.39, 0.29) is 0 Å². The Hall–Kier alpha value is -0.260. The van der Waals surface area contributed by atoms with E-state index in [2.05, 4.69) is 26.8 Å². The smallest absolute Gasteiger partial charge is 0.0149 e. The van der Waals surface area contributed by atoms with Gasteiger partial charge in [-0.25, -0.2) is 0 Å². The second-order valence-corrected chi connectivity index (χ2v) is 5.74. The van der Waals surface area contributed by atoms with Crippen LogP contribution in [0.15, 0.2) is 11.6 Å².